The predicted octanol–water partition coefficient (Wildman–Crippen LogP) is 2.16. The fourth-order valence-electron chi connectivity index (χ4n) is 1.71. The number of aliphatic carboxylic acids is 1. The number of amides is 1. The zero-order chi connectivity index (χ0) is 17.1. The van der Waals surface area contributed by atoms with E-state index in [1.54, 1.807) is 0 Å². The Morgan fingerprint density at radius 3 is 2.36 bits per heavy atom. The van der Waals surface area contributed by atoms with Crippen LogP contribution in [0.5, 0.6) is 0 Å². The minimum atomic E-state index is -3.37. The molecule has 1 unspecified atom stereocenters. The molecule has 1 atom stereocenters. The minimum absolute atomic E-state index is 0.0374. The van der Waals surface area contributed by atoms with Crippen molar-refractivity contribution in [3.05, 3.63) is 17.0 Å². The average molecular weight is 347 g/mol. The second-order valence-corrected chi connectivity index (χ2v) is 9.54. The van der Waals surface area contributed by atoms with Crippen molar-refractivity contribution in [2.45, 2.75) is 43.9 Å². The van der Waals surface area contributed by atoms with Crippen LogP contribution < -0.4 is 5.32 Å². The molecule has 0 fully saturated rings. The number of sulfone groups is 1. The van der Waals surface area contributed by atoms with Crippen LogP contribution in [0.3, 0.4) is 0 Å². The van der Waals surface area contributed by atoms with Crippen LogP contribution in [0.25, 0.3) is 0 Å². The number of hydrogen-bond donors (Lipinski definition) is 2. The second-order valence-electron chi connectivity index (χ2n) is 6.39. The fraction of sp³-hybridized carbons (Fsp3) is 0.571. The van der Waals surface area contributed by atoms with Gasteiger partial charge < -0.3 is 10.4 Å². The van der Waals surface area contributed by atoms with Crippen molar-refractivity contribution >= 4 is 33.1 Å². The Kier molecular flexibility index (Phi) is 5.75. The van der Waals surface area contributed by atoms with Crippen molar-refractivity contribution in [2.75, 3.05) is 6.26 Å². The molecule has 0 bridgehead atoms. The van der Waals surface area contributed by atoms with Gasteiger partial charge >= 0.3 is 5.97 Å². The van der Waals surface area contributed by atoms with Gasteiger partial charge in [-0.1, -0.05) is 20.8 Å². The summed E-state index contributed by atoms with van der Waals surface area (Å²) in [6, 6.07) is 0.270. The minimum Gasteiger partial charge on any atom is -0.480 e. The van der Waals surface area contributed by atoms with Crippen molar-refractivity contribution < 1.29 is 23.1 Å². The number of carboxylic acid groups (broad SMARTS) is 1. The van der Waals surface area contributed by atoms with E-state index in [9.17, 15) is 23.1 Å². The fourth-order valence-corrected chi connectivity index (χ4v) is 3.50. The molecule has 0 aliphatic heterocycles. The highest BCUT2D eigenvalue weighted by Gasteiger charge is 2.24. The standard InChI is InChI=1S/C14H21NO5S2/c1-14(2,3)6-5-10(13(17)18)15-12(16)9-7-11(21-8-9)22(4,19)20/h7-8,10H,5-6H2,1-4H3,(H,15,16)(H,17,18). The summed E-state index contributed by atoms with van der Waals surface area (Å²) in [5, 5.41) is 13.0. The summed E-state index contributed by atoms with van der Waals surface area (Å²) in [7, 11) is -3.37. The first-order chi connectivity index (χ1) is 9.90. The maximum atomic E-state index is 12.1. The molecule has 0 saturated carbocycles. The molecule has 8 heteroatoms. The number of rotatable bonds is 6. The van der Waals surface area contributed by atoms with Crippen molar-refractivity contribution in [3.63, 3.8) is 0 Å². The van der Waals surface area contributed by atoms with E-state index in [1.807, 2.05) is 20.8 Å². The number of carbonyl (C=O) groups excluding carboxylic acids is 1. The van der Waals surface area contributed by atoms with Gasteiger partial charge in [-0.3, -0.25) is 4.79 Å². The van der Waals surface area contributed by atoms with Crippen LogP contribution in [0, 0.1) is 5.41 Å². The van der Waals surface area contributed by atoms with Gasteiger partial charge in [0, 0.05) is 11.6 Å². The van der Waals surface area contributed by atoms with Crippen LogP contribution in [0.4, 0.5) is 0 Å². The van der Waals surface area contributed by atoms with Gasteiger partial charge in [0.2, 0.25) is 0 Å². The summed E-state index contributed by atoms with van der Waals surface area (Å²) >= 11 is 0.942. The molecule has 1 aromatic rings. The molecule has 2 N–H and O–H groups in total. The summed E-state index contributed by atoms with van der Waals surface area (Å²) in [5.41, 5.74) is 0.122. The van der Waals surface area contributed by atoms with E-state index in [2.05, 4.69) is 5.32 Å². The molecule has 0 aliphatic rings. The second kappa shape index (κ2) is 6.78. The van der Waals surface area contributed by atoms with Crippen molar-refractivity contribution in [3.8, 4) is 0 Å². The predicted molar refractivity (Wildman–Crippen MR) is 85.0 cm³/mol. The lowest BCUT2D eigenvalue weighted by molar-refractivity contribution is -0.139. The quantitative estimate of drug-likeness (QED) is 0.821. The van der Waals surface area contributed by atoms with Crippen LogP contribution in [-0.2, 0) is 14.6 Å². The largest absolute Gasteiger partial charge is 0.480 e. The van der Waals surface area contributed by atoms with E-state index in [0.717, 1.165) is 17.6 Å². The number of nitrogens with one attached hydrogen (secondary N) is 1. The third-order valence-corrected chi connectivity index (χ3v) is 5.76. The summed E-state index contributed by atoms with van der Waals surface area (Å²) in [5.74, 6) is -1.68. The van der Waals surface area contributed by atoms with Crippen LogP contribution in [0.1, 0.15) is 44.0 Å². The summed E-state index contributed by atoms with van der Waals surface area (Å²) in [4.78, 5) is 23.3. The number of thiophene rings is 1. The first-order valence-electron chi connectivity index (χ1n) is 6.72. The van der Waals surface area contributed by atoms with Crippen molar-refractivity contribution in [1.29, 1.82) is 0 Å². The Morgan fingerprint density at radius 2 is 1.95 bits per heavy atom. The number of hydrogen-bond acceptors (Lipinski definition) is 5. The van der Waals surface area contributed by atoms with Crippen molar-refractivity contribution in [2.24, 2.45) is 5.41 Å². The van der Waals surface area contributed by atoms with Crippen molar-refractivity contribution in [1.82, 2.24) is 5.32 Å². The zero-order valence-corrected chi connectivity index (χ0v) is 14.7. The lowest BCUT2D eigenvalue weighted by atomic mass is 9.88. The molecule has 0 radical (unpaired) electrons. The Morgan fingerprint density at radius 1 is 1.36 bits per heavy atom. The van der Waals surface area contributed by atoms with E-state index in [1.165, 1.54) is 11.4 Å². The van der Waals surface area contributed by atoms with Gasteiger partial charge in [0.25, 0.3) is 5.91 Å². The maximum absolute atomic E-state index is 12.1. The highest BCUT2D eigenvalue weighted by atomic mass is 32.2. The molecule has 0 saturated heterocycles. The molecule has 1 amide bonds. The van der Waals surface area contributed by atoms with Gasteiger partial charge in [-0.25, -0.2) is 13.2 Å². The summed E-state index contributed by atoms with van der Waals surface area (Å²) in [6.07, 6.45) is 2.01. The highest BCUT2D eigenvalue weighted by Crippen LogP contribution is 2.23. The third-order valence-electron chi connectivity index (χ3n) is 2.99. The van der Waals surface area contributed by atoms with Gasteiger partial charge in [-0.15, -0.1) is 11.3 Å². The van der Waals surface area contributed by atoms with E-state index >= 15 is 0 Å². The Bertz CT molecular complexity index is 655. The molecule has 1 heterocycles. The molecule has 22 heavy (non-hydrogen) atoms. The molecule has 6 nitrogen and oxygen atoms in total. The number of carbonyl (C=O) groups is 2. The van der Waals surface area contributed by atoms with Crippen LogP contribution in [-0.4, -0.2) is 37.7 Å². The molecule has 1 rings (SSSR count). The normalized spacial score (nSPS) is 13.6. The smallest absolute Gasteiger partial charge is 0.326 e. The van der Waals surface area contributed by atoms with Gasteiger partial charge in [0.15, 0.2) is 9.84 Å². The van der Waals surface area contributed by atoms with Crippen LogP contribution in [0.2, 0.25) is 0 Å². The summed E-state index contributed by atoms with van der Waals surface area (Å²) in [6.45, 7) is 5.97. The molecule has 124 valence electrons. The lowest BCUT2D eigenvalue weighted by Crippen LogP contribution is -2.41. The van der Waals surface area contributed by atoms with E-state index in [0.29, 0.717) is 12.8 Å². The first kappa shape index (κ1) is 18.6. The topological polar surface area (TPSA) is 101 Å². The van der Waals surface area contributed by atoms with Gasteiger partial charge in [-0.2, -0.15) is 0 Å². The third kappa shape index (κ3) is 5.76. The van der Waals surface area contributed by atoms with Gasteiger partial charge in [0.1, 0.15) is 10.3 Å². The monoisotopic (exact) mass is 347 g/mol. The summed E-state index contributed by atoms with van der Waals surface area (Å²) < 4.78 is 22.9. The molecule has 0 aliphatic carbocycles. The van der Waals surface area contributed by atoms with Gasteiger partial charge in [-0.05, 0) is 24.3 Å². The average Bonchev–Trinajstić information content (AvgIpc) is 2.81. The lowest BCUT2D eigenvalue weighted by Gasteiger charge is -2.21. The molecule has 0 aromatic carbocycles. The van der Waals surface area contributed by atoms with Gasteiger partial charge in [0.05, 0.1) is 5.56 Å². The first-order valence-corrected chi connectivity index (χ1v) is 9.49. The Balaban J connectivity index is 2.79. The Labute approximate surface area is 134 Å². The van der Waals surface area contributed by atoms with E-state index in [4.69, 9.17) is 0 Å². The molecular weight excluding hydrogens is 326 g/mol. The molecular formula is C14H21NO5S2. The van der Waals surface area contributed by atoms with E-state index < -0.39 is 27.8 Å². The SMILES string of the molecule is CC(C)(C)CCC(NC(=O)c1csc(S(C)(=O)=O)c1)C(=O)O. The van der Waals surface area contributed by atoms with Crippen LogP contribution >= 0.6 is 11.3 Å². The zero-order valence-electron chi connectivity index (χ0n) is 13.0. The molecule has 1 aromatic heterocycles. The van der Waals surface area contributed by atoms with Crippen LogP contribution in [0.15, 0.2) is 15.7 Å². The maximum Gasteiger partial charge on any atom is 0.326 e. The van der Waals surface area contributed by atoms with E-state index in [-0.39, 0.29) is 15.2 Å². The number of carboxylic acids is 1. The molecule has 0 spiro atoms. The Hall–Kier alpha value is -1.41. The highest BCUT2D eigenvalue weighted by molar-refractivity contribution is 7.92.